The van der Waals surface area contributed by atoms with Crippen molar-refractivity contribution in [2.75, 3.05) is 5.32 Å². The highest BCUT2D eigenvalue weighted by Crippen LogP contribution is 2.20. The van der Waals surface area contributed by atoms with E-state index < -0.39 is 17.4 Å². The molecule has 0 fully saturated rings. The van der Waals surface area contributed by atoms with Crippen LogP contribution in [0.2, 0.25) is 0 Å². The van der Waals surface area contributed by atoms with E-state index in [9.17, 15) is 9.59 Å². The van der Waals surface area contributed by atoms with Crippen LogP contribution in [-0.4, -0.2) is 22.0 Å². The molecule has 0 spiro atoms. The van der Waals surface area contributed by atoms with Gasteiger partial charge in [-0.3, -0.25) is 9.78 Å². The van der Waals surface area contributed by atoms with E-state index in [1.807, 2.05) is 6.07 Å². The van der Waals surface area contributed by atoms with Crippen LogP contribution in [0.5, 0.6) is 0 Å². The number of hydrogen-bond acceptors (Lipinski definition) is 4. The van der Waals surface area contributed by atoms with Gasteiger partial charge in [0.1, 0.15) is 5.54 Å². The number of carboxylic acid groups (broad SMARTS) is 1. The molecule has 0 radical (unpaired) electrons. The van der Waals surface area contributed by atoms with Crippen LogP contribution in [-0.2, 0) is 10.3 Å². The van der Waals surface area contributed by atoms with Gasteiger partial charge >= 0.3 is 5.97 Å². The number of hydrogen-bond donors (Lipinski definition) is 3. The molecule has 4 N–H and O–H groups in total. The zero-order chi connectivity index (χ0) is 15.5. The first-order chi connectivity index (χ1) is 9.91. The van der Waals surface area contributed by atoms with Crippen molar-refractivity contribution in [3.05, 3.63) is 59.9 Å². The average Bonchev–Trinajstić information content (AvgIpc) is 2.48. The lowest BCUT2D eigenvalue weighted by atomic mass is 9.92. The first-order valence-electron chi connectivity index (χ1n) is 6.25. The summed E-state index contributed by atoms with van der Waals surface area (Å²) in [6.07, 6.45) is 2.57. The SMILES string of the molecule is CC(N)(C(=O)Nc1cncc(C(=O)O)c1)c1ccccc1. The molecule has 1 amide bonds. The van der Waals surface area contributed by atoms with Crippen molar-refractivity contribution in [2.24, 2.45) is 5.73 Å². The molecule has 1 unspecified atom stereocenters. The maximum Gasteiger partial charge on any atom is 0.337 e. The molecular weight excluding hydrogens is 270 g/mol. The summed E-state index contributed by atoms with van der Waals surface area (Å²) in [4.78, 5) is 27.0. The van der Waals surface area contributed by atoms with Gasteiger partial charge in [0.15, 0.2) is 0 Å². The van der Waals surface area contributed by atoms with Gasteiger partial charge in [0.2, 0.25) is 5.91 Å². The predicted molar refractivity (Wildman–Crippen MR) is 77.8 cm³/mol. The standard InChI is InChI=1S/C15H15N3O3/c1-15(16,11-5-3-2-4-6-11)14(21)18-12-7-10(13(19)20)8-17-9-12/h2-9H,16H2,1H3,(H,18,21)(H,19,20). The quantitative estimate of drug-likeness (QED) is 0.791. The van der Waals surface area contributed by atoms with Crippen molar-refractivity contribution in [1.82, 2.24) is 4.98 Å². The molecule has 0 saturated heterocycles. The number of nitrogens with one attached hydrogen (secondary N) is 1. The van der Waals surface area contributed by atoms with Crippen molar-refractivity contribution in [1.29, 1.82) is 0 Å². The predicted octanol–water partition coefficient (Wildman–Crippen LogP) is 1.59. The van der Waals surface area contributed by atoms with Gasteiger partial charge in [-0.2, -0.15) is 0 Å². The topological polar surface area (TPSA) is 105 Å². The van der Waals surface area contributed by atoms with E-state index in [2.05, 4.69) is 10.3 Å². The second kappa shape index (κ2) is 5.72. The minimum absolute atomic E-state index is 0.00812. The van der Waals surface area contributed by atoms with Gasteiger partial charge in [-0.1, -0.05) is 30.3 Å². The summed E-state index contributed by atoms with van der Waals surface area (Å²) in [5.74, 6) is -1.56. The van der Waals surface area contributed by atoms with Gasteiger partial charge in [-0.25, -0.2) is 4.79 Å². The summed E-state index contributed by atoms with van der Waals surface area (Å²) in [5.41, 5.74) is 5.78. The molecule has 2 rings (SSSR count). The van der Waals surface area contributed by atoms with E-state index in [0.717, 1.165) is 0 Å². The van der Waals surface area contributed by atoms with Crippen LogP contribution >= 0.6 is 0 Å². The number of rotatable bonds is 4. The van der Waals surface area contributed by atoms with Crippen LogP contribution in [0.25, 0.3) is 0 Å². The molecule has 0 aliphatic heterocycles. The molecule has 0 aliphatic rings. The first kappa shape index (κ1) is 14.7. The van der Waals surface area contributed by atoms with Crippen LogP contribution in [0.4, 0.5) is 5.69 Å². The van der Waals surface area contributed by atoms with Crippen LogP contribution in [0.1, 0.15) is 22.8 Å². The molecule has 0 aliphatic carbocycles. The molecule has 0 bridgehead atoms. The van der Waals surface area contributed by atoms with Crippen LogP contribution < -0.4 is 11.1 Å². The summed E-state index contributed by atoms with van der Waals surface area (Å²) in [7, 11) is 0. The molecule has 21 heavy (non-hydrogen) atoms. The molecule has 6 nitrogen and oxygen atoms in total. The maximum absolute atomic E-state index is 12.3. The number of amides is 1. The first-order valence-corrected chi connectivity index (χ1v) is 6.25. The van der Waals surface area contributed by atoms with E-state index in [1.165, 1.54) is 18.5 Å². The smallest absolute Gasteiger partial charge is 0.337 e. The van der Waals surface area contributed by atoms with Gasteiger partial charge in [-0.05, 0) is 18.6 Å². The largest absolute Gasteiger partial charge is 0.478 e. The zero-order valence-corrected chi connectivity index (χ0v) is 11.4. The Kier molecular flexibility index (Phi) is 4.00. The minimum Gasteiger partial charge on any atom is -0.478 e. The number of aromatic nitrogens is 1. The normalized spacial score (nSPS) is 13.2. The van der Waals surface area contributed by atoms with Crippen molar-refractivity contribution in [3.63, 3.8) is 0 Å². The maximum atomic E-state index is 12.3. The molecule has 1 aromatic heterocycles. The number of carboxylic acids is 1. The number of carbonyl (C=O) groups is 2. The third kappa shape index (κ3) is 3.24. The van der Waals surface area contributed by atoms with Crippen molar-refractivity contribution >= 4 is 17.6 Å². The molecule has 0 saturated carbocycles. The Morgan fingerprint density at radius 1 is 1.24 bits per heavy atom. The summed E-state index contributed by atoms with van der Waals surface area (Å²) in [5, 5.41) is 11.5. The third-order valence-corrected chi connectivity index (χ3v) is 3.09. The summed E-state index contributed by atoms with van der Waals surface area (Å²) in [6.45, 7) is 1.59. The van der Waals surface area contributed by atoms with Gasteiger partial charge in [0, 0.05) is 6.20 Å². The minimum atomic E-state index is -1.24. The molecular formula is C15H15N3O3. The molecule has 6 heteroatoms. The van der Waals surface area contributed by atoms with Crippen molar-refractivity contribution < 1.29 is 14.7 Å². The van der Waals surface area contributed by atoms with Crippen LogP contribution in [0.3, 0.4) is 0 Å². The Bertz CT molecular complexity index is 669. The average molecular weight is 285 g/mol. The van der Waals surface area contributed by atoms with E-state index in [1.54, 1.807) is 31.2 Å². The lowest BCUT2D eigenvalue weighted by Gasteiger charge is -2.24. The Hall–Kier alpha value is -2.73. The molecule has 1 atom stereocenters. The number of nitrogens with two attached hydrogens (primary N) is 1. The third-order valence-electron chi connectivity index (χ3n) is 3.09. The number of benzene rings is 1. The van der Waals surface area contributed by atoms with Gasteiger partial charge in [-0.15, -0.1) is 0 Å². The van der Waals surface area contributed by atoms with E-state index in [4.69, 9.17) is 10.8 Å². The lowest BCUT2D eigenvalue weighted by Crippen LogP contribution is -2.45. The summed E-state index contributed by atoms with van der Waals surface area (Å²) in [6, 6.07) is 10.3. The fourth-order valence-electron chi connectivity index (χ4n) is 1.80. The second-order valence-electron chi connectivity index (χ2n) is 4.79. The molecule has 1 aromatic carbocycles. The van der Waals surface area contributed by atoms with Crippen molar-refractivity contribution in [2.45, 2.75) is 12.5 Å². The number of aromatic carboxylic acids is 1. The van der Waals surface area contributed by atoms with E-state index in [-0.39, 0.29) is 11.3 Å². The van der Waals surface area contributed by atoms with Crippen LogP contribution in [0.15, 0.2) is 48.8 Å². The molecule has 108 valence electrons. The Morgan fingerprint density at radius 3 is 2.52 bits per heavy atom. The summed E-state index contributed by atoms with van der Waals surface area (Å²) < 4.78 is 0. The number of pyridine rings is 1. The Morgan fingerprint density at radius 2 is 1.90 bits per heavy atom. The fraction of sp³-hybridized carbons (Fsp3) is 0.133. The highest BCUT2D eigenvalue weighted by atomic mass is 16.4. The van der Waals surface area contributed by atoms with Crippen molar-refractivity contribution in [3.8, 4) is 0 Å². The molecule has 1 heterocycles. The van der Waals surface area contributed by atoms with Gasteiger partial charge in [0.05, 0.1) is 17.4 Å². The molecule has 2 aromatic rings. The lowest BCUT2D eigenvalue weighted by molar-refractivity contribution is -0.120. The monoisotopic (exact) mass is 285 g/mol. The fourth-order valence-corrected chi connectivity index (χ4v) is 1.80. The number of anilines is 1. The van der Waals surface area contributed by atoms with Gasteiger partial charge in [0.25, 0.3) is 0 Å². The zero-order valence-electron chi connectivity index (χ0n) is 11.4. The van der Waals surface area contributed by atoms with E-state index >= 15 is 0 Å². The Balaban J connectivity index is 2.21. The number of carbonyl (C=O) groups excluding carboxylic acids is 1. The summed E-state index contributed by atoms with van der Waals surface area (Å²) >= 11 is 0. The number of nitrogens with zero attached hydrogens (tertiary/aromatic N) is 1. The van der Waals surface area contributed by atoms with Crippen LogP contribution in [0, 0.1) is 0 Å². The highest BCUT2D eigenvalue weighted by Gasteiger charge is 2.30. The van der Waals surface area contributed by atoms with E-state index in [0.29, 0.717) is 5.56 Å². The second-order valence-corrected chi connectivity index (χ2v) is 4.79. The highest BCUT2D eigenvalue weighted by molar-refractivity contribution is 5.99. The Labute approximate surface area is 121 Å². The van der Waals surface area contributed by atoms with Gasteiger partial charge < -0.3 is 16.2 Å².